The molecule has 3 nitrogen and oxygen atoms in total. The van der Waals surface area contributed by atoms with Crippen LogP contribution in [0.3, 0.4) is 0 Å². The molecular formula is C10H11NO2S. The Kier molecular flexibility index (Phi) is 2.72. The first-order valence-electron chi connectivity index (χ1n) is 4.52. The van der Waals surface area contributed by atoms with E-state index >= 15 is 0 Å². The van der Waals surface area contributed by atoms with Gasteiger partial charge in [0.1, 0.15) is 0 Å². The summed E-state index contributed by atoms with van der Waals surface area (Å²) in [6, 6.07) is 1.97. The van der Waals surface area contributed by atoms with E-state index < -0.39 is 5.97 Å². The lowest BCUT2D eigenvalue weighted by Gasteiger charge is -2.14. The average Bonchev–Trinajstić information content (AvgIpc) is 2.17. The Morgan fingerprint density at radius 1 is 1.64 bits per heavy atom. The summed E-state index contributed by atoms with van der Waals surface area (Å²) in [5.41, 5.74) is 3.15. The van der Waals surface area contributed by atoms with Crippen LogP contribution in [0.4, 0.5) is 0 Å². The Morgan fingerprint density at radius 3 is 3.29 bits per heavy atom. The molecule has 0 amide bonds. The summed E-state index contributed by atoms with van der Waals surface area (Å²) < 4.78 is 0. The van der Waals surface area contributed by atoms with E-state index in [0.29, 0.717) is 0 Å². The minimum Gasteiger partial charge on any atom is -0.481 e. The van der Waals surface area contributed by atoms with Crippen LogP contribution in [0.1, 0.15) is 16.8 Å². The van der Waals surface area contributed by atoms with Crippen LogP contribution in [0.25, 0.3) is 0 Å². The number of thioether (sulfide) groups is 1. The van der Waals surface area contributed by atoms with Gasteiger partial charge in [-0.1, -0.05) is 6.07 Å². The summed E-state index contributed by atoms with van der Waals surface area (Å²) in [7, 11) is 0. The van der Waals surface area contributed by atoms with Gasteiger partial charge in [-0.25, -0.2) is 0 Å². The van der Waals surface area contributed by atoms with Crippen LogP contribution in [0, 0.1) is 0 Å². The number of fused-ring (bicyclic) bond motifs is 1. The summed E-state index contributed by atoms with van der Waals surface area (Å²) in [4.78, 5) is 14.8. The molecule has 0 unspecified atom stereocenters. The van der Waals surface area contributed by atoms with Crippen molar-refractivity contribution in [3.05, 3.63) is 29.1 Å². The predicted molar refractivity (Wildman–Crippen MR) is 55.4 cm³/mol. The second kappa shape index (κ2) is 4.00. The number of aryl methyl sites for hydroxylation is 1. The minimum absolute atomic E-state index is 0.0744. The third-order valence-electron chi connectivity index (χ3n) is 2.21. The van der Waals surface area contributed by atoms with E-state index in [-0.39, 0.29) is 6.42 Å². The highest BCUT2D eigenvalue weighted by Crippen LogP contribution is 2.23. The maximum Gasteiger partial charge on any atom is 0.307 e. The molecule has 1 aliphatic heterocycles. The number of rotatable bonds is 2. The zero-order chi connectivity index (χ0) is 9.97. The van der Waals surface area contributed by atoms with Crippen molar-refractivity contribution in [3.63, 3.8) is 0 Å². The zero-order valence-electron chi connectivity index (χ0n) is 7.69. The quantitative estimate of drug-likeness (QED) is 0.802. The highest BCUT2D eigenvalue weighted by Gasteiger charge is 2.11. The number of carboxylic acids is 1. The second-order valence-corrected chi connectivity index (χ2v) is 4.43. The summed E-state index contributed by atoms with van der Waals surface area (Å²) >= 11 is 1.88. The number of aliphatic carboxylic acids is 1. The Balaban J connectivity index is 2.24. The lowest BCUT2D eigenvalue weighted by Crippen LogP contribution is -2.08. The summed E-state index contributed by atoms with van der Waals surface area (Å²) in [5.74, 6) is 1.30. The van der Waals surface area contributed by atoms with Gasteiger partial charge in [0.15, 0.2) is 0 Å². The van der Waals surface area contributed by atoms with Gasteiger partial charge in [-0.3, -0.25) is 9.78 Å². The number of hydrogen-bond acceptors (Lipinski definition) is 3. The molecule has 0 atom stereocenters. The standard InChI is InChI=1S/C10H11NO2S/c12-10(13)4-7-3-8-6-14-2-1-9(8)11-5-7/h3,5H,1-2,4,6H2,(H,12,13). The number of hydrogen-bond donors (Lipinski definition) is 1. The van der Waals surface area contributed by atoms with Crippen LogP contribution in [0.5, 0.6) is 0 Å². The van der Waals surface area contributed by atoms with E-state index in [0.717, 1.165) is 29.2 Å². The molecule has 0 aromatic carbocycles. The topological polar surface area (TPSA) is 50.2 Å². The first-order valence-corrected chi connectivity index (χ1v) is 5.67. The van der Waals surface area contributed by atoms with Gasteiger partial charge in [0.25, 0.3) is 0 Å². The number of carbonyl (C=O) groups is 1. The van der Waals surface area contributed by atoms with Crippen LogP contribution in [0.2, 0.25) is 0 Å². The van der Waals surface area contributed by atoms with Gasteiger partial charge >= 0.3 is 5.97 Å². The van der Waals surface area contributed by atoms with Gasteiger partial charge in [-0.2, -0.15) is 11.8 Å². The van der Waals surface area contributed by atoms with Crippen molar-refractivity contribution in [3.8, 4) is 0 Å². The van der Waals surface area contributed by atoms with Crippen LogP contribution >= 0.6 is 11.8 Å². The molecule has 74 valence electrons. The molecule has 0 saturated heterocycles. The zero-order valence-corrected chi connectivity index (χ0v) is 8.51. The Morgan fingerprint density at radius 2 is 2.50 bits per heavy atom. The Labute approximate surface area is 86.5 Å². The fourth-order valence-corrected chi connectivity index (χ4v) is 2.51. The van der Waals surface area contributed by atoms with Gasteiger partial charge in [-0.15, -0.1) is 0 Å². The van der Waals surface area contributed by atoms with Crippen molar-refractivity contribution in [2.75, 3.05) is 5.75 Å². The summed E-state index contributed by atoms with van der Waals surface area (Å²) in [5, 5.41) is 8.64. The number of aromatic nitrogens is 1. The largest absolute Gasteiger partial charge is 0.481 e. The molecule has 1 aliphatic rings. The predicted octanol–water partition coefficient (Wildman–Crippen LogP) is 1.50. The maximum absolute atomic E-state index is 10.5. The normalized spacial score (nSPS) is 14.9. The monoisotopic (exact) mass is 209 g/mol. The van der Waals surface area contributed by atoms with E-state index in [1.807, 2.05) is 17.8 Å². The van der Waals surface area contributed by atoms with Crippen molar-refractivity contribution in [2.24, 2.45) is 0 Å². The van der Waals surface area contributed by atoms with Crippen LogP contribution in [-0.4, -0.2) is 21.8 Å². The van der Waals surface area contributed by atoms with Crippen molar-refractivity contribution >= 4 is 17.7 Å². The number of pyridine rings is 1. The lowest BCUT2D eigenvalue weighted by molar-refractivity contribution is -0.136. The van der Waals surface area contributed by atoms with E-state index in [1.54, 1.807) is 6.20 Å². The minimum atomic E-state index is -0.796. The fraction of sp³-hybridized carbons (Fsp3) is 0.400. The molecule has 0 aliphatic carbocycles. The molecule has 2 heterocycles. The molecule has 14 heavy (non-hydrogen) atoms. The summed E-state index contributed by atoms with van der Waals surface area (Å²) in [6.45, 7) is 0. The SMILES string of the molecule is O=C(O)Cc1cnc2c(c1)CSCC2. The highest BCUT2D eigenvalue weighted by atomic mass is 32.2. The van der Waals surface area contributed by atoms with E-state index in [4.69, 9.17) is 5.11 Å². The second-order valence-electron chi connectivity index (χ2n) is 3.32. The Bertz CT molecular complexity index is 365. The van der Waals surface area contributed by atoms with E-state index in [9.17, 15) is 4.79 Å². The van der Waals surface area contributed by atoms with Crippen molar-refractivity contribution in [1.29, 1.82) is 0 Å². The van der Waals surface area contributed by atoms with Gasteiger partial charge in [0, 0.05) is 17.6 Å². The van der Waals surface area contributed by atoms with Crippen LogP contribution in [-0.2, 0) is 23.4 Å². The number of carboxylic acid groups (broad SMARTS) is 1. The molecule has 0 bridgehead atoms. The molecule has 2 rings (SSSR count). The molecule has 0 fully saturated rings. The smallest absolute Gasteiger partial charge is 0.307 e. The van der Waals surface area contributed by atoms with Crippen LogP contribution in [0.15, 0.2) is 12.3 Å². The molecule has 4 heteroatoms. The van der Waals surface area contributed by atoms with Gasteiger partial charge in [-0.05, 0) is 23.3 Å². The van der Waals surface area contributed by atoms with Crippen molar-refractivity contribution < 1.29 is 9.90 Å². The Hall–Kier alpha value is -1.03. The number of nitrogens with zero attached hydrogens (tertiary/aromatic N) is 1. The fourth-order valence-electron chi connectivity index (χ4n) is 1.56. The van der Waals surface area contributed by atoms with Crippen LogP contribution < -0.4 is 0 Å². The molecule has 0 spiro atoms. The highest BCUT2D eigenvalue weighted by molar-refractivity contribution is 7.98. The third-order valence-corrected chi connectivity index (χ3v) is 3.22. The molecule has 0 saturated carbocycles. The summed E-state index contributed by atoms with van der Waals surface area (Å²) in [6.07, 6.45) is 2.77. The molecule has 1 aromatic heterocycles. The van der Waals surface area contributed by atoms with Gasteiger partial charge in [0.05, 0.1) is 6.42 Å². The van der Waals surface area contributed by atoms with Gasteiger partial charge in [0.2, 0.25) is 0 Å². The van der Waals surface area contributed by atoms with Crippen molar-refractivity contribution in [1.82, 2.24) is 4.98 Å². The van der Waals surface area contributed by atoms with Crippen molar-refractivity contribution in [2.45, 2.75) is 18.6 Å². The van der Waals surface area contributed by atoms with E-state index in [2.05, 4.69) is 4.98 Å². The first-order chi connectivity index (χ1) is 6.75. The maximum atomic E-state index is 10.5. The average molecular weight is 209 g/mol. The molecule has 1 N–H and O–H groups in total. The molecule has 0 radical (unpaired) electrons. The van der Waals surface area contributed by atoms with Gasteiger partial charge < -0.3 is 5.11 Å². The van der Waals surface area contributed by atoms with E-state index in [1.165, 1.54) is 5.56 Å². The molecule has 1 aromatic rings. The molecular weight excluding hydrogens is 198 g/mol. The third kappa shape index (κ3) is 2.07. The lowest BCUT2D eigenvalue weighted by atomic mass is 10.1. The first kappa shape index (κ1) is 9.52.